The SMILES string of the molecule is Cc1cc2cc(NC(=N[C@H]3CCCCN(CC(=O)NCCN4CCCCC4)C3=O)NC#N)ccc2o1. The highest BCUT2D eigenvalue weighted by molar-refractivity contribution is 5.98. The van der Waals surface area contributed by atoms with Crippen molar-refractivity contribution in [3.8, 4) is 6.19 Å². The number of guanidine groups is 1. The van der Waals surface area contributed by atoms with E-state index in [2.05, 4.69) is 25.8 Å². The Bertz CT molecular complexity index is 1130. The molecule has 1 aromatic carbocycles. The molecule has 0 saturated carbocycles. The van der Waals surface area contributed by atoms with Gasteiger partial charge in [0.15, 0.2) is 6.19 Å². The minimum absolute atomic E-state index is 0.0236. The van der Waals surface area contributed by atoms with Gasteiger partial charge in [-0.15, -0.1) is 0 Å². The molecule has 0 bridgehead atoms. The van der Waals surface area contributed by atoms with Crippen molar-refractivity contribution in [2.75, 3.05) is 44.6 Å². The Morgan fingerprint density at radius 1 is 1.17 bits per heavy atom. The van der Waals surface area contributed by atoms with Gasteiger partial charge in [0.25, 0.3) is 0 Å². The number of likely N-dealkylation sites (tertiary alicyclic amines) is 2. The molecule has 2 aliphatic rings. The second kappa shape index (κ2) is 12.4. The summed E-state index contributed by atoms with van der Waals surface area (Å²) in [4.78, 5) is 34.3. The number of benzene rings is 1. The Hall–Kier alpha value is -3.58. The van der Waals surface area contributed by atoms with Crippen molar-refractivity contribution < 1.29 is 14.0 Å². The summed E-state index contributed by atoms with van der Waals surface area (Å²) in [6.45, 7) is 6.03. The van der Waals surface area contributed by atoms with Crippen molar-refractivity contribution in [3.63, 3.8) is 0 Å². The number of nitriles is 1. The number of anilines is 1. The third-order valence-corrected chi connectivity index (χ3v) is 6.65. The van der Waals surface area contributed by atoms with Gasteiger partial charge in [0.1, 0.15) is 17.4 Å². The maximum Gasteiger partial charge on any atom is 0.247 e. The molecule has 2 aromatic rings. The number of fused-ring (bicyclic) bond motifs is 1. The van der Waals surface area contributed by atoms with Gasteiger partial charge in [-0.2, -0.15) is 5.26 Å². The monoisotopic (exact) mass is 493 g/mol. The highest BCUT2D eigenvalue weighted by atomic mass is 16.3. The lowest BCUT2D eigenvalue weighted by atomic mass is 10.1. The van der Waals surface area contributed by atoms with Gasteiger partial charge in [0.2, 0.25) is 17.8 Å². The van der Waals surface area contributed by atoms with E-state index in [-0.39, 0.29) is 24.3 Å². The summed E-state index contributed by atoms with van der Waals surface area (Å²) >= 11 is 0. The average molecular weight is 494 g/mol. The molecule has 0 radical (unpaired) electrons. The first-order valence-corrected chi connectivity index (χ1v) is 12.8. The lowest BCUT2D eigenvalue weighted by molar-refractivity contribution is -0.136. The van der Waals surface area contributed by atoms with Crippen LogP contribution in [0.4, 0.5) is 5.69 Å². The Balaban J connectivity index is 1.36. The summed E-state index contributed by atoms with van der Waals surface area (Å²) in [7, 11) is 0. The van der Waals surface area contributed by atoms with Crippen LogP contribution in [0.3, 0.4) is 0 Å². The number of nitrogens with one attached hydrogen (secondary N) is 3. The molecule has 2 fully saturated rings. The fraction of sp³-hybridized carbons (Fsp3) is 0.538. The minimum atomic E-state index is -0.670. The molecule has 0 unspecified atom stereocenters. The van der Waals surface area contributed by atoms with Crippen molar-refractivity contribution in [3.05, 3.63) is 30.0 Å². The largest absolute Gasteiger partial charge is 0.461 e. The number of amides is 2. The van der Waals surface area contributed by atoms with Crippen molar-refractivity contribution in [2.45, 2.75) is 51.5 Å². The smallest absolute Gasteiger partial charge is 0.247 e. The zero-order valence-electron chi connectivity index (χ0n) is 20.9. The van der Waals surface area contributed by atoms with E-state index in [9.17, 15) is 14.9 Å². The van der Waals surface area contributed by atoms with E-state index in [1.807, 2.05) is 37.4 Å². The molecule has 0 spiro atoms. The van der Waals surface area contributed by atoms with Gasteiger partial charge in [-0.25, -0.2) is 4.99 Å². The van der Waals surface area contributed by atoms with Gasteiger partial charge in [-0.1, -0.05) is 6.42 Å². The van der Waals surface area contributed by atoms with Crippen LogP contribution in [-0.4, -0.2) is 72.9 Å². The molecule has 4 rings (SSSR count). The molecule has 3 heterocycles. The van der Waals surface area contributed by atoms with Crippen molar-refractivity contribution in [1.82, 2.24) is 20.4 Å². The maximum absolute atomic E-state index is 13.3. The van der Waals surface area contributed by atoms with E-state index < -0.39 is 6.04 Å². The van der Waals surface area contributed by atoms with Crippen molar-refractivity contribution in [2.24, 2.45) is 4.99 Å². The Kier molecular flexibility index (Phi) is 8.79. The highest BCUT2D eigenvalue weighted by Gasteiger charge is 2.28. The van der Waals surface area contributed by atoms with Gasteiger partial charge in [0, 0.05) is 30.7 Å². The Labute approximate surface area is 211 Å². The number of carbonyl (C=O) groups excluding carboxylic acids is 2. The van der Waals surface area contributed by atoms with Crippen LogP contribution in [0.15, 0.2) is 33.7 Å². The third kappa shape index (κ3) is 6.98. The second-order valence-corrected chi connectivity index (χ2v) is 9.47. The van der Waals surface area contributed by atoms with Gasteiger partial charge >= 0.3 is 0 Å². The number of aliphatic imine (C=N–C) groups is 1. The van der Waals surface area contributed by atoms with Crippen LogP contribution < -0.4 is 16.0 Å². The normalized spacial score (nSPS) is 19.6. The predicted molar refractivity (Wildman–Crippen MR) is 138 cm³/mol. The first kappa shape index (κ1) is 25.5. The lowest BCUT2D eigenvalue weighted by Crippen LogP contribution is -2.46. The van der Waals surface area contributed by atoms with E-state index in [1.165, 1.54) is 19.3 Å². The van der Waals surface area contributed by atoms with Crippen molar-refractivity contribution in [1.29, 1.82) is 5.26 Å². The summed E-state index contributed by atoms with van der Waals surface area (Å²) in [5.74, 6) is 0.662. The highest BCUT2D eigenvalue weighted by Crippen LogP contribution is 2.23. The van der Waals surface area contributed by atoms with E-state index in [0.717, 1.165) is 54.9 Å². The topological polar surface area (TPSA) is 126 Å². The summed E-state index contributed by atoms with van der Waals surface area (Å²) in [5.41, 5.74) is 1.49. The van der Waals surface area contributed by atoms with E-state index in [4.69, 9.17) is 4.42 Å². The molecule has 2 saturated heterocycles. The molecule has 2 amide bonds. The molecular formula is C26H35N7O3. The molecule has 1 aromatic heterocycles. The Morgan fingerprint density at radius 3 is 2.78 bits per heavy atom. The summed E-state index contributed by atoms with van der Waals surface area (Å²) in [6.07, 6.45) is 7.78. The third-order valence-electron chi connectivity index (χ3n) is 6.65. The van der Waals surface area contributed by atoms with Gasteiger partial charge in [-0.3, -0.25) is 14.9 Å². The van der Waals surface area contributed by atoms with Crippen LogP contribution in [0.2, 0.25) is 0 Å². The zero-order chi connectivity index (χ0) is 25.3. The minimum Gasteiger partial charge on any atom is -0.461 e. The fourth-order valence-electron chi connectivity index (χ4n) is 4.82. The van der Waals surface area contributed by atoms with Crippen molar-refractivity contribution >= 4 is 34.4 Å². The number of piperidine rings is 1. The molecule has 10 nitrogen and oxygen atoms in total. The number of aryl methyl sites for hydroxylation is 1. The lowest BCUT2D eigenvalue weighted by Gasteiger charge is -2.27. The van der Waals surface area contributed by atoms with E-state index >= 15 is 0 Å². The average Bonchev–Trinajstić information content (AvgIpc) is 3.16. The first-order valence-electron chi connectivity index (χ1n) is 12.8. The number of rotatable bonds is 7. The number of carbonyl (C=O) groups is 2. The van der Waals surface area contributed by atoms with Crippen LogP contribution in [0.25, 0.3) is 11.0 Å². The number of furan rings is 1. The summed E-state index contributed by atoms with van der Waals surface area (Å²) < 4.78 is 5.61. The van der Waals surface area contributed by atoms with Crippen LogP contribution in [0, 0.1) is 18.4 Å². The molecule has 192 valence electrons. The standard InChI is InChI=1S/C26H35N7O3/c1-19-15-20-16-21(8-9-23(20)36-19)30-26(29-18-27)31-22-7-3-6-13-33(25(22)35)17-24(34)28-10-14-32-11-4-2-5-12-32/h8-9,15-16,22H,2-7,10-14,17H2,1H3,(H,28,34)(H2,29,30,31)/t22-/m0/s1. The van der Waals surface area contributed by atoms with Gasteiger partial charge < -0.3 is 24.9 Å². The molecule has 36 heavy (non-hydrogen) atoms. The van der Waals surface area contributed by atoms with E-state index in [1.54, 1.807) is 4.90 Å². The molecule has 2 aliphatic heterocycles. The summed E-state index contributed by atoms with van der Waals surface area (Å²) in [5, 5.41) is 18.8. The number of hydrogen-bond donors (Lipinski definition) is 3. The zero-order valence-corrected chi connectivity index (χ0v) is 20.9. The molecule has 3 N–H and O–H groups in total. The Morgan fingerprint density at radius 2 is 1.97 bits per heavy atom. The molecule has 0 aliphatic carbocycles. The summed E-state index contributed by atoms with van der Waals surface area (Å²) in [6, 6.07) is 6.83. The van der Waals surface area contributed by atoms with Crippen LogP contribution in [0.5, 0.6) is 0 Å². The number of nitrogens with zero attached hydrogens (tertiary/aromatic N) is 4. The van der Waals surface area contributed by atoms with Gasteiger partial charge in [-0.05, 0) is 76.4 Å². The number of hydrogen-bond acceptors (Lipinski definition) is 6. The second-order valence-electron chi connectivity index (χ2n) is 9.47. The van der Waals surface area contributed by atoms with Crippen LogP contribution in [-0.2, 0) is 9.59 Å². The maximum atomic E-state index is 13.3. The van der Waals surface area contributed by atoms with Crippen LogP contribution in [0.1, 0.15) is 44.3 Å². The fourth-order valence-corrected chi connectivity index (χ4v) is 4.82. The molecule has 1 atom stereocenters. The van der Waals surface area contributed by atoms with E-state index in [0.29, 0.717) is 19.5 Å². The first-order chi connectivity index (χ1) is 17.5. The quantitative estimate of drug-likeness (QED) is 0.234. The predicted octanol–water partition coefficient (Wildman–Crippen LogP) is 2.56. The van der Waals surface area contributed by atoms with Crippen LogP contribution >= 0.6 is 0 Å². The molecular weight excluding hydrogens is 458 g/mol. The van der Waals surface area contributed by atoms with Gasteiger partial charge in [0.05, 0.1) is 6.54 Å². The molecule has 10 heteroatoms.